The number of unbranched alkanes of at least 4 members (excludes halogenated alkanes) is 2. The van der Waals surface area contributed by atoms with Gasteiger partial charge in [0.25, 0.3) is 11.8 Å². The van der Waals surface area contributed by atoms with Gasteiger partial charge in [-0.25, -0.2) is 0 Å². The van der Waals surface area contributed by atoms with Crippen molar-refractivity contribution in [3.05, 3.63) is 35.4 Å². The van der Waals surface area contributed by atoms with Crippen molar-refractivity contribution < 1.29 is 19.1 Å². The Bertz CT molecular complexity index is 536. The zero-order valence-electron chi connectivity index (χ0n) is 12.4. The van der Waals surface area contributed by atoms with E-state index in [9.17, 15) is 14.4 Å². The molecule has 22 heavy (non-hydrogen) atoms. The molecule has 1 heterocycles. The molecule has 0 bridgehead atoms. The summed E-state index contributed by atoms with van der Waals surface area (Å²) >= 11 is 0. The second-order valence-corrected chi connectivity index (χ2v) is 5.13. The fourth-order valence-electron chi connectivity index (χ4n) is 2.33. The predicted octanol–water partition coefficient (Wildman–Crippen LogP) is 1.34. The van der Waals surface area contributed by atoms with Crippen molar-refractivity contribution in [2.45, 2.75) is 25.7 Å². The number of esters is 1. The third-order valence-electron chi connectivity index (χ3n) is 3.53. The van der Waals surface area contributed by atoms with E-state index in [2.05, 4.69) is 0 Å². The van der Waals surface area contributed by atoms with Crippen LogP contribution < -0.4 is 5.73 Å². The van der Waals surface area contributed by atoms with Gasteiger partial charge in [-0.05, 0) is 37.9 Å². The first-order valence-electron chi connectivity index (χ1n) is 7.46. The third-order valence-corrected chi connectivity index (χ3v) is 3.53. The Hall–Kier alpha value is -2.21. The molecule has 1 aromatic rings. The van der Waals surface area contributed by atoms with Crippen molar-refractivity contribution in [2.75, 3.05) is 19.7 Å². The van der Waals surface area contributed by atoms with E-state index in [1.165, 1.54) is 0 Å². The van der Waals surface area contributed by atoms with Gasteiger partial charge in [0.05, 0.1) is 24.2 Å². The summed E-state index contributed by atoms with van der Waals surface area (Å²) in [5.74, 6) is -1.10. The smallest absolute Gasteiger partial charge is 0.307 e. The summed E-state index contributed by atoms with van der Waals surface area (Å²) in [6.45, 7) is 1.03. The fraction of sp³-hybridized carbons (Fsp3) is 0.438. The maximum absolute atomic E-state index is 12.1. The van der Waals surface area contributed by atoms with Gasteiger partial charge >= 0.3 is 5.97 Å². The van der Waals surface area contributed by atoms with Gasteiger partial charge in [0.2, 0.25) is 0 Å². The number of benzene rings is 1. The molecule has 6 heteroatoms. The second-order valence-electron chi connectivity index (χ2n) is 5.13. The average molecular weight is 304 g/mol. The number of carbonyl (C=O) groups excluding carboxylic acids is 3. The molecular formula is C16H20N2O4. The van der Waals surface area contributed by atoms with Crippen molar-refractivity contribution in [3.63, 3.8) is 0 Å². The quantitative estimate of drug-likeness (QED) is 0.445. The number of nitrogens with zero attached hydrogens (tertiary/aromatic N) is 1. The molecule has 0 unspecified atom stereocenters. The molecule has 0 aromatic heterocycles. The Kier molecular flexibility index (Phi) is 5.66. The minimum absolute atomic E-state index is 0.0162. The lowest BCUT2D eigenvalue weighted by molar-refractivity contribution is -0.143. The highest BCUT2D eigenvalue weighted by atomic mass is 16.5. The molecule has 1 aromatic carbocycles. The molecule has 0 fully saturated rings. The summed E-state index contributed by atoms with van der Waals surface area (Å²) in [6.07, 6.45) is 2.62. The van der Waals surface area contributed by atoms with E-state index >= 15 is 0 Å². The number of ether oxygens (including phenoxy) is 1. The van der Waals surface area contributed by atoms with E-state index in [-0.39, 0.29) is 24.8 Å². The fourth-order valence-corrected chi connectivity index (χ4v) is 2.33. The van der Waals surface area contributed by atoms with Crippen LogP contribution in [0, 0.1) is 0 Å². The highest BCUT2D eigenvalue weighted by Gasteiger charge is 2.35. The van der Waals surface area contributed by atoms with Gasteiger partial charge in [-0.3, -0.25) is 19.3 Å². The van der Waals surface area contributed by atoms with E-state index in [0.29, 0.717) is 24.3 Å². The van der Waals surface area contributed by atoms with Crippen molar-refractivity contribution in [2.24, 2.45) is 5.73 Å². The van der Waals surface area contributed by atoms with Crippen molar-refractivity contribution in [1.82, 2.24) is 4.90 Å². The minimum atomic E-state index is -0.399. The monoisotopic (exact) mass is 304 g/mol. The molecule has 1 aliphatic heterocycles. The SMILES string of the molecule is NCCCCCOC(=O)CCN1C(=O)c2ccccc2C1=O. The molecule has 1 aliphatic rings. The van der Waals surface area contributed by atoms with Crippen LogP contribution in [-0.2, 0) is 9.53 Å². The summed E-state index contributed by atoms with van der Waals surface area (Å²) < 4.78 is 5.07. The molecule has 0 atom stereocenters. The van der Waals surface area contributed by atoms with Crippen LogP contribution in [0.5, 0.6) is 0 Å². The zero-order chi connectivity index (χ0) is 15.9. The second kappa shape index (κ2) is 7.70. The average Bonchev–Trinajstić information content (AvgIpc) is 2.77. The van der Waals surface area contributed by atoms with Crippen LogP contribution in [0.2, 0.25) is 0 Å². The highest BCUT2D eigenvalue weighted by Crippen LogP contribution is 2.22. The molecular weight excluding hydrogens is 284 g/mol. The van der Waals surface area contributed by atoms with Gasteiger partial charge in [-0.1, -0.05) is 12.1 Å². The van der Waals surface area contributed by atoms with E-state index in [0.717, 1.165) is 24.2 Å². The van der Waals surface area contributed by atoms with E-state index in [1.807, 2.05) is 0 Å². The van der Waals surface area contributed by atoms with Crippen molar-refractivity contribution >= 4 is 17.8 Å². The normalized spacial score (nSPS) is 13.4. The molecule has 2 rings (SSSR count). The van der Waals surface area contributed by atoms with Crippen LogP contribution in [0.4, 0.5) is 0 Å². The maximum atomic E-state index is 12.1. The summed E-state index contributed by atoms with van der Waals surface area (Å²) in [4.78, 5) is 36.9. The molecule has 0 spiro atoms. The van der Waals surface area contributed by atoms with Crippen LogP contribution in [0.3, 0.4) is 0 Å². The number of hydrogen-bond acceptors (Lipinski definition) is 5. The largest absolute Gasteiger partial charge is 0.466 e. The molecule has 2 N–H and O–H groups in total. The minimum Gasteiger partial charge on any atom is -0.466 e. The Morgan fingerprint density at radius 3 is 2.27 bits per heavy atom. The first-order valence-corrected chi connectivity index (χ1v) is 7.46. The molecule has 118 valence electrons. The Labute approximate surface area is 129 Å². The number of fused-ring (bicyclic) bond motifs is 1. The van der Waals surface area contributed by atoms with Crippen LogP contribution >= 0.6 is 0 Å². The molecule has 2 amide bonds. The van der Waals surface area contributed by atoms with Crippen molar-refractivity contribution in [3.8, 4) is 0 Å². The highest BCUT2D eigenvalue weighted by molar-refractivity contribution is 6.21. The summed E-state index contributed by atoms with van der Waals surface area (Å²) in [5.41, 5.74) is 6.16. The van der Waals surface area contributed by atoms with Crippen LogP contribution in [0.1, 0.15) is 46.4 Å². The standard InChI is InChI=1S/C16H20N2O4/c17-9-4-1-5-11-22-14(19)8-10-18-15(20)12-6-2-3-7-13(12)16(18)21/h2-3,6-7H,1,4-5,8-11,17H2. The number of amides is 2. The van der Waals surface area contributed by atoms with Crippen LogP contribution in [-0.4, -0.2) is 42.4 Å². The number of carbonyl (C=O) groups is 3. The molecule has 0 radical (unpaired) electrons. The van der Waals surface area contributed by atoms with Crippen LogP contribution in [0.15, 0.2) is 24.3 Å². The maximum Gasteiger partial charge on any atom is 0.307 e. The number of imide groups is 1. The molecule has 0 saturated carbocycles. The Balaban J connectivity index is 1.77. The van der Waals surface area contributed by atoms with Crippen LogP contribution in [0.25, 0.3) is 0 Å². The summed E-state index contributed by atoms with van der Waals surface area (Å²) in [5, 5.41) is 0. The predicted molar refractivity (Wildman–Crippen MR) is 80.3 cm³/mol. The van der Waals surface area contributed by atoms with E-state index in [4.69, 9.17) is 10.5 Å². The summed E-state index contributed by atoms with van der Waals surface area (Å²) in [6, 6.07) is 6.66. The molecule has 6 nitrogen and oxygen atoms in total. The molecule has 0 saturated heterocycles. The van der Waals surface area contributed by atoms with Gasteiger partial charge in [-0.15, -0.1) is 0 Å². The Morgan fingerprint density at radius 1 is 1.05 bits per heavy atom. The van der Waals surface area contributed by atoms with E-state index < -0.39 is 5.97 Å². The number of nitrogens with two attached hydrogens (primary N) is 1. The lowest BCUT2D eigenvalue weighted by Gasteiger charge is -2.13. The van der Waals surface area contributed by atoms with Crippen molar-refractivity contribution in [1.29, 1.82) is 0 Å². The molecule has 0 aliphatic carbocycles. The Morgan fingerprint density at radius 2 is 1.68 bits per heavy atom. The van der Waals surface area contributed by atoms with Gasteiger partial charge in [0, 0.05) is 6.54 Å². The van der Waals surface area contributed by atoms with Gasteiger partial charge in [0.15, 0.2) is 0 Å². The lowest BCUT2D eigenvalue weighted by atomic mass is 10.1. The van der Waals surface area contributed by atoms with E-state index in [1.54, 1.807) is 24.3 Å². The first kappa shape index (κ1) is 16.2. The lowest BCUT2D eigenvalue weighted by Crippen LogP contribution is -2.32. The number of rotatable bonds is 8. The van der Waals surface area contributed by atoms with Gasteiger partial charge in [-0.2, -0.15) is 0 Å². The van der Waals surface area contributed by atoms with Gasteiger partial charge in [0.1, 0.15) is 0 Å². The number of hydrogen-bond donors (Lipinski definition) is 1. The third kappa shape index (κ3) is 3.71. The topological polar surface area (TPSA) is 89.7 Å². The zero-order valence-corrected chi connectivity index (χ0v) is 12.4. The van der Waals surface area contributed by atoms with Gasteiger partial charge < -0.3 is 10.5 Å². The first-order chi connectivity index (χ1) is 10.6. The summed E-state index contributed by atoms with van der Waals surface area (Å²) in [7, 11) is 0.